The third-order valence-electron chi connectivity index (χ3n) is 2.73. The first-order valence-electron chi connectivity index (χ1n) is 5.09. The molecule has 1 aromatic heterocycles. The highest BCUT2D eigenvalue weighted by molar-refractivity contribution is 9.10. The van der Waals surface area contributed by atoms with Crippen LogP contribution in [-0.2, 0) is 7.05 Å². The average molecular weight is 280 g/mol. The summed E-state index contributed by atoms with van der Waals surface area (Å²) >= 11 is 3.52. The van der Waals surface area contributed by atoms with Crippen LogP contribution in [0.4, 0.5) is 0 Å². The smallest absolute Gasteiger partial charge is 0.0723 e. The molecule has 0 saturated carbocycles. The fourth-order valence-corrected chi connectivity index (χ4v) is 2.06. The normalized spacial score (nSPS) is 12.8. The molecule has 1 atom stereocenters. The molecule has 0 saturated heterocycles. The zero-order valence-electron chi connectivity index (χ0n) is 9.31. The van der Waals surface area contributed by atoms with Gasteiger partial charge in [-0.05, 0) is 30.2 Å². The summed E-state index contributed by atoms with van der Waals surface area (Å²) in [6, 6.07) is 7.99. The number of aromatic nitrogens is 2. The molecule has 1 unspecified atom stereocenters. The van der Waals surface area contributed by atoms with Crippen LogP contribution < -0.4 is 5.73 Å². The molecule has 84 valence electrons. The van der Waals surface area contributed by atoms with Gasteiger partial charge in [-0.3, -0.25) is 4.68 Å². The second-order valence-corrected chi connectivity index (χ2v) is 4.72. The van der Waals surface area contributed by atoms with E-state index < -0.39 is 0 Å². The van der Waals surface area contributed by atoms with Crippen molar-refractivity contribution in [3.63, 3.8) is 0 Å². The predicted octanol–water partition coefficient (Wildman–Crippen LogP) is 2.54. The number of rotatable bonds is 2. The summed E-state index contributed by atoms with van der Waals surface area (Å²) in [5, 5.41) is 4.13. The Kier molecular flexibility index (Phi) is 3.12. The molecule has 2 rings (SSSR count). The van der Waals surface area contributed by atoms with E-state index in [-0.39, 0.29) is 6.04 Å². The molecule has 16 heavy (non-hydrogen) atoms. The zero-order valence-corrected chi connectivity index (χ0v) is 10.9. The lowest BCUT2D eigenvalue weighted by Crippen LogP contribution is -2.15. The van der Waals surface area contributed by atoms with Gasteiger partial charge in [0.2, 0.25) is 0 Å². The van der Waals surface area contributed by atoms with E-state index in [1.807, 2.05) is 13.1 Å². The molecule has 0 bridgehead atoms. The van der Waals surface area contributed by atoms with Gasteiger partial charge in [0.05, 0.1) is 11.7 Å². The van der Waals surface area contributed by atoms with Crippen LogP contribution in [0.15, 0.2) is 34.9 Å². The van der Waals surface area contributed by atoms with E-state index in [1.54, 1.807) is 10.9 Å². The molecule has 2 N–H and O–H groups in total. The number of nitrogens with zero attached hydrogens (tertiary/aromatic N) is 2. The van der Waals surface area contributed by atoms with E-state index in [2.05, 4.69) is 46.2 Å². The second-order valence-electron chi connectivity index (χ2n) is 3.87. The minimum Gasteiger partial charge on any atom is -0.319 e. The van der Waals surface area contributed by atoms with Crippen molar-refractivity contribution in [2.24, 2.45) is 12.8 Å². The Morgan fingerprint density at radius 2 is 2.12 bits per heavy atom. The molecule has 4 heteroatoms. The van der Waals surface area contributed by atoms with Gasteiger partial charge in [0, 0.05) is 17.7 Å². The van der Waals surface area contributed by atoms with E-state index >= 15 is 0 Å². The van der Waals surface area contributed by atoms with Crippen molar-refractivity contribution in [1.29, 1.82) is 0 Å². The summed E-state index contributed by atoms with van der Waals surface area (Å²) in [6.07, 6.45) is 1.76. The average Bonchev–Trinajstić information content (AvgIpc) is 2.67. The zero-order chi connectivity index (χ0) is 11.7. The molecule has 1 aromatic carbocycles. The van der Waals surface area contributed by atoms with E-state index in [1.165, 1.54) is 5.56 Å². The second kappa shape index (κ2) is 4.39. The number of hydrogen-bond acceptors (Lipinski definition) is 2. The third kappa shape index (κ3) is 2.03. The minimum absolute atomic E-state index is 0.135. The molecule has 0 aliphatic rings. The van der Waals surface area contributed by atoms with E-state index in [9.17, 15) is 0 Å². The Labute approximate surface area is 103 Å². The molecule has 0 radical (unpaired) electrons. The monoisotopic (exact) mass is 279 g/mol. The van der Waals surface area contributed by atoms with Crippen LogP contribution in [0.1, 0.15) is 22.9 Å². The SMILES string of the molecule is Cc1ccc(C(N)c2ccnn2C)cc1Br. The van der Waals surface area contributed by atoms with Crippen LogP contribution in [0, 0.1) is 6.92 Å². The van der Waals surface area contributed by atoms with Crippen molar-refractivity contribution in [1.82, 2.24) is 9.78 Å². The topological polar surface area (TPSA) is 43.8 Å². The molecule has 1 heterocycles. The van der Waals surface area contributed by atoms with Gasteiger partial charge in [-0.25, -0.2) is 0 Å². The highest BCUT2D eigenvalue weighted by Crippen LogP contribution is 2.24. The fraction of sp³-hybridized carbons (Fsp3) is 0.250. The van der Waals surface area contributed by atoms with Crippen LogP contribution in [-0.4, -0.2) is 9.78 Å². The summed E-state index contributed by atoms with van der Waals surface area (Å²) in [4.78, 5) is 0. The third-order valence-corrected chi connectivity index (χ3v) is 3.59. The van der Waals surface area contributed by atoms with Gasteiger partial charge < -0.3 is 5.73 Å². The molecular formula is C12H14BrN3. The number of hydrogen-bond donors (Lipinski definition) is 1. The Morgan fingerprint density at radius 3 is 2.69 bits per heavy atom. The Bertz CT molecular complexity index is 505. The van der Waals surface area contributed by atoms with Gasteiger partial charge in [0.1, 0.15) is 0 Å². The van der Waals surface area contributed by atoms with Crippen LogP contribution in [0.2, 0.25) is 0 Å². The van der Waals surface area contributed by atoms with Gasteiger partial charge in [-0.1, -0.05) is 28.1 Å². The van der Waals surface area contributed by atoms with Crippen molar-refractivity contribution >= 4 is 15.9 Å². The Morgan fingerprint density at radius 1 is 1.38 bits per heavy atom. The van der Waals surface area contributed by atoms with Crippen molar-refractivity contribution in [3.8, 4) is 0 Å². The number of benzene rings is 1. The molecule has 3 nitrogen and oxygen atoms in total. The van der Waals surface area contributed by atoms with E-state index in [0.29, 0.717) is 0 Å². The van der Waals surface area contributed by atoms with Gasteiger partial charge in [0.25, 0.3) is 0 Å². The summed E-state index contributed by atoms with van der Waals surface area (Å²) < 4.78 is 2.89. The first-order valence-corrected chi connectivity index (χ1v) is 5.88. The highest BCUT2D eigenvalue weighted by Gasteiger charge is 2.12. The summed E-state index contributed by atoms with van der Waals surface area (Å²) in [7, 11) is 1.90. The van der Waals surface area contributed by atoms with Crippen molar-refractivity contribution < 1.29 is 0 Å². The fourth-order valence-electron chi connectivity index (χ4n) is 1.66. The molecule has 2 aromatic rings. The van der Waals surface area contributed by atoms with Gasteiger partial charge in [0.15, 0.2) is 0 Å². The first kappa shape index (κ1) is 11.4. The van der Waals surface area contributed by atoms with Crippen LogP contribution in [0.3, 0.4) is 0 Å². The maximum absolute atomic E-state index is 6.20. The maximum Gasteiger partial charge on any atom is 0.0723 e. The van der Waals surface area contributed by atoms with Crippen molar-refractivity contribution in [3.05, 3.63) is 51.8 Å². The van der Waals surface area contributed by atoms with E-state index in [4.69, 9.17) is 5.73 Å². The van der Waals surface area contributed by atoms with E-state index in [0.717, 1.165) is 15.7 Å². The molecule has 0 aliphatic carbocycles. The standard InChI is InChI=1S/C12H14BrN3/c1-8-3-4-9(7-10(8)13)12(14)11-5-6-15-16(11)2/h3-7,12H,14H2,1-2H3. The Balaban J connectivity index is 2.38. The van der Waals surface area contributed by atoms with Crippen LogP contribution in [0.5, 0.6) is 0 Å². The van der Waals surface area contributed by atoms with Gasteiger partial charge >= 0.3 is 0 Å². The largest absolute Gasteiger partial charge is 0.319 e. The molecule has 0 fully saturated rings. The summed E-state index contributed by atoms with van der Waals surface area (Å²) in [5.74, 6) is 0. The molecule has 0 aliphatic heterocycles. The minimum atomic E-state index is -0.135. The first-order chi connectivity index (χ1) is 7.59. The highest BCUT2D eigenvalue weighted by atomic mass is 79.9. The molecule has 0 spiro atoms. The summed E-state index contributed by atoms with van der Waals surface area (Å²) in [6.45, 7) is 2.06. The number of halogens is 1. The van der Waals surface area contributed by atoms with Crippen molar-refractivity contribution in [2.75, 3.05) is 0 Å². The summed E-state index contributed by atoms with van der Waals surface area (Å²) in [5.41, 5.74) is 9.50. The lowest BCUT2D eigenvalue weighted by molar-refractivity contribution is 0.673. The molecular weight excluding hydrogens is 266 g/mol. The lowest BCUT2D eigenvalue weighted by Gasteiger charge is -2.13. The Hall–Kier alpha value is -1.13. The number of aryl methyl sites for hydroxylation is 2. The van der Waals surface area contributed by atoms with Crippen molar-refractivity contribution in [2.45, 2.75) is 13.0 Å². The predicted molar refractivity (Wildman–Crippen MR) is 68.1 cm³/mol. The molecule has 0 amide bonds. The van der Waals surface area contributed by atoms with Crippen LogP contribution >= 0.6 is 15.9 Å². The lowest BCUT2D eigenvalue weighted by atomic mass is 10.0. The number of nitrogens with two attached hydrogens (primary N) is 1. The maximum atomic E-state index is 6.20. The van der Waals surface area contributed by atoms with Crippen LogP contribution in [0.25, 0.3) is 0 Å². The van der Waals surface area contributed by atoms with Gasteiger partial charge in [-0.2, -0.15) is 5.10 Å². The quantitative estimate of drug-likeness (QED) is 0.918. The van der Waals surface area contributed by atoms with Gasteiger partial charge in [-0.15, -0.1) is 0 Å².